The molecular weight excluding hydrogens is 264 g/mol. The Hall–Kier alpha value is -1.71. The number of halogens is 1. The van der Waals surface area contributed by atoms with Crippen LogP contribution in [-0.4, -0.2) is 9.97 Å². The number of thiophene rings is 1. The van der Waals surface area contributed by atoms with E-state index in [2.05, 4.69) is 9.97 Å². The lowest BCUT2D eigenvalue weighted by Gasteiger charge is -2.04. The summed E-state index contributed by atoms with van der Waals surface area (Å²) >= 11 is 7.69. The van der Waals surface area contributed by atoms with Crippen molar-refractivity contribution in [1.82, 2.24) is 9.97 Å². The Morgan fingerprint density at radius 2 is 1.78 bits per heavy atom. The molecule has 0 amide bonds. The molecule has 1 aromatic carbocycles. The van der Waals surface area contributed by atoms with E-state index in [-0.39, 0.29) is 0 Å². The second-order valence-electron chi connectivity index (χ2n) is 3.78. The van der Waals surface area contributed by atoms with Gasteiger partial charge in [-0.25, -0.2) is 9.97 Å². The molecule has 2 heterocycles. The van der Waals surface area contributed by atoms with Crippen LogP contribution in [0.3, 0.4) is 0 Å². The number of nitrogens with zero attached hydrogens (tertiary/aromatic N) is 2. The van der Waals surface area contributed by atoms with Crippen LogP contribution in [0.5, 0.6) is 0 Å². The van der Waals surface area contributed by atoms with Crippen LogP contribution in [0.1, 0.15) is 0 Å². The van der Waals surface area contributed by atoms with Crippen molar-refractivity contribution >= 4 is 22.9 Å². The zero-order chi connectivity index (χ0) is 12.4. The minimum absolute atomic E-state index is 0.463. The molecule has 3 rings (SSSR count). The molecule has 4 heteroatoms. The van der Waals surface area contributed by atoms with Gasteiger partial charge < -0.3 is 0 Å². The van der Waals surface area contributed by atoms with Crippen LogP contribution in [-0.2, 0) is 0 Å². The van der Waals surface area contributed by atoms with Gasteiger partial charge in [0.05, 0.1) is 5.69 Å². The summed E-state index contributed by atoms with van der Waals surface area (Å²) in [6.45, 7) is 0. The molecule has 2 nitrogen and oxygen atoms in total. The molecule has 0 unspecified atom stereocenters. The van der Waals surface area contributed by atoms with Crippen molar-refractivity contribution in [1.29, 1.82) is 0 Å². The molecule has 18 heavy (non-hydrogen) atoms. The Kier molecular flexibility index (Phi) is 3.09. The normalized spacial score (nSPS) is 10.5. The molecule has 0 saturated carbocycles. The van der Waals surface area contributed by atoms with Gasteiger partial charge in [0, 0.05) is 22.6 Å². The first kappa shape index (κ1) is 11.4. The second-order valence-corrected chi connectivity index (χ2v) is 4.94. The predicted octanol–water partition coefficient (Wildman–Crippen LogP) is 4.53. The van der Waals surface area contributed by atoms with Crippen molar-refractivity contribution in [2.45, 2.75) is 0 Å². The van der Waals surface area contributed by atoms with Gasteiger partial charge in [-0.15, -0.1) is 0 Å². The maximum atomic E-state index is 6.07. The molecule has 2 aromatic heterocycles. The quantitative estimate of drug-likeness (QED) is 0.641. The molecular formula is C14H9ClN2S. The van der Waals surface area contributed by atoms with E-state index >= 15 is 0 Å². The maximum absolute atomic E-state index is 6.07. The number of benzene rings is 1. The molecule has 3 aromatic rings. The lowest BCUT2D eigenvalue weighted by Crippen LogP contribution is -1.91. The summed E-state index contributed by atoms with van der Waals surface area (Å²) in [6.07, 6.45) is 0. The minimum atomic E-state index is 0.463. The van der Waals surface area contributed by atoms with Gasteiger partial charge in [0.1, 0.15) is 5.15 Å². The van der Waals surface area contributed by atoms with Crippen molar-refractivity contribution in [2.75, 3.05) is 0 Å². The van der Waals surface area contributed by atoms with E-state index in [9.17, 15) is 0 Å². The van der Waals surface area contributed by atoms with Crippen molar-refractivity contribution in [3.05, 3.63) is 58.4 Å². The third-order valence-corrected chi connectivity index (χ3v) is 3.42. The fourth-order valence-electron chi connectivity index (χ4n) is 1.70. The first-order chi connectivity index (χ1) is 8.83. The van der Waals surface area contributed by atoms with E-state index in [1.165, 1.54) is 0 Å². The third kappa shape index (κ3) is 2.28. The van der Waals surface area contributed by atoms with Crippen LogP contribution in [0.25, 0.3) is 22.6 Å². The number of aromatic nitrogens is 2. The SMILES string of the molecule is Clc1cc(-c2ccccc2)nc(-c2ccsc2)n1. The summed E-state index contributed by atoms with van der Waals surface area (Å²) in [6, 6.07) is 13.7. The molecule has 0 fully saturated rings. The van der Waals surface area contributed by atoms with Gasteiger partial charge in [-0.3, -0.25) is 0 Å². The zero-order valence-electron chi connectivity index (χ0n) is 9.38. The molecule has 0 aliphatic heterocycles. The summed E-state index contributed by atoms with van der Waals surface area (Å²) in [5, 5.41) is 4.48. The molecule has 0 atom stereocenters. The number of rotatable bonds is 2. The summed E-state index contributed by atoms with van der Waals surface area (Å²) in [5.74, 6) is 0.669. The van der Waals surface area contributed by atoms with Gasteiger partial charge in [-0.05, 0) is 11.4 Å². The highest BCUT2D eigenvalue weighted by Gasteiger charge is 2.07. The standard InChI is InChI=1S/C14H9ClN2S/c15-13-8-12(10-4-2-1-3-5-10)16-14(17-13)11-6-7-18-9-11/h1-9H. The molecule has 88 valence electrons. The second kappa shape index (κ2) is 4.88. The van der Waals surface area contributed by atoms with Gasteiger partial charge >= 0.3 is 0 Å². The Morgan fingerprint density at radius 3 is 2.50 bits per heavy atom. The predicted molar refractivity (Wildman–Crippen MR) is 75.8 cm³/mol. The van der Waals surface area contributed by atoms with E-state index in [4.69, 9.17) is 11.6 Å². The average molecular weight is 273 g/mol. The van der Waals surface area contributed by atoms with E-state index in [1.54, 1.807) is 17.4 Å². The first-order valence-electron chi connectivity index (χ1n) is 5.45. The first-order valence-corrected chi connectivity index (χ1v) is 6.77. The molecule has 0 radical (unpaired) electrons. The highest BCUT2D eigenvalue weighted by molar-refractivity contribution is 7.08. The zero-order valence-corrected chi connectivity index (χ0v) is 10.9. The molecule has 0 saturated heterocycles. The maximum Gasteiger partial charge on any atom is 0.162 e. The number of hydrogen-bond donors (Lipinski definition) is 0. The fraction of sp³-hybridized carbons (Fsp3) is 0. The molecule has 0 spiro atoms. The topological polar surface area (TPSA) is 25.8 Å². The monoisotopic (exact) mass is 272 g/mol. The lowest BCUT2D eigenvalue weighted by atomic mass is 10.1. The van der Waals surface area contributed by atoms with E-state index in [0.29, 0.717) is 11.0 Å². The largest absolute Gasteiger partial charge is 0.228 e. The van der Waals surface area contributed by atoms with Crippen molar-refractivity contribution < 1.29 is 0 Å². The Bertz CT molecular complexity index is 651. The summed E-state index contributed by atoms with van der Waals surface area (Å²) < 4.78 is 0. The fourth-order valence-corrected chi connectivity index (χ4v) is 2.51. The Balaban J connectivity index is 2.12. The van der Waals surface area contributed by atoms with Crippen molar-refractivity contribution in [3.63, 3.8) is 0 Å². The van der Waals surface area contributed by atoms with Crippen LogP contribution in [0.15, 0.2) is 53.2 Å². The van der Waals surface area contributed by atoms with Crippen molar-refractivity contribution in [3.8, 4) is 22.6 Å². The number of hydrogen-bond acceptors (Lipinski definition) is 3. The van der Waals surface area contributed by atoms with E-state index < -0.39 is 0 Å². The van der Waals surface area contributed by atoms with Crippen LogP contribution in [0.2, 0.25) is 5.15 Å². The summed E-state index contributed by atoms with van der Waals surface area (Å²) in [5.41, 5.74) is 2.88. The Morgan fingerprint density at radius 1 is 0.944 bits per heavy atom. The summed E-state index contributed by atoms with van der Waals surface area (Å²) in [7, 11) is 0. The lowest BCUT2D eigenvalue weighted by molar-refractivity contribution is 1.18. The van der Waals surface area contributed by atoms with Crippen LogP contribution < -0.4 is 0 Å². The molecule has 0 aliphatic rings. The van der Waals surface area contributed by atoms with Gasteiger partial charge in [-0.1, -0.05) is 41.9 Å². The van der Waals surface area contributed by atoms with Gasteiger partial charge in [0.2, 0.25) is 0 Å². The average Bonchev–Trinajstić information content (AvgIpc) is 2.93. The van der Waals surface area contributed by atoms with Gasteiger partial charge in [0.25, 0.3) is 0 Å². The van der Waals surface area contributed by atoms with Crippen LogP contribution in [0.4, 0.5) is 0 Å². The highest BCUT2D eigenvalue weighted by Crippen LogP contribution is 2.25. The van der Waals surface area contributed by atoms with Gasteiger partial charge in [0.15, 0.2) is 5.82 Å². The highest BCUT2D eigenvalue weighted by atomic mass is 35.5. The minimum Gasteiger partial charge on any atom is -0.228 e. The van der Waals surface area contributed by atoms with E-state index in [0.717, 1.165) is 16.8 Å². The Labute approximate surface area is 114 Å². The van der Waals surface area contributed by atoms with Crippen LogP contribution >= 0.6 is 22.9 Å². The van der Waals surface area contributed by atoms with Crippen molar-refractivity contribution in [2.24, 2.45) is 0 Å². The smallest absolute Gasteiger partial charge is 0.162 e. The van der Waals surface area contributed by atoms with Crippen LogP contribution in [0, 0.1) is 0 Å². The summed E-state index contributed by atoms with van der Waals surface area (Å²) in [4.78, 5) is 8.82. The van der Waals surface area contributed by atoms with Gasteiger partial charge in [-0.2, -0.15) is 11.3 Å². The molecule has 0 aliphatic carbocycles. The third-order valence-electron chi connectivity index (χ3n) is 2.54. The molecule has 0 N–H and O–H groups in total. The molecule has 0 bridgehead atoms. The van der Waals surface area contributed by atoms with E-state index in [1.807, 2.05) is 47.2 Å².